The van der Waals surface area contributed by atoms with Gasteiger partial charge in [0.25, 0.3) is 5.69 Å². The lowest BCUT2D eigenvalue weighted by atomic mass is 10.4. The summed E-state index contributed by atoms with van der Waals surface area (Å²) >= 11 is 0. The Bertz CT molecular complexity index is 312. The first-order valence-electron chi connectivity index (χ1n) is 4.17. The van der Waals surface area contributed by atoms with Gasteiger partial charge in [0, 0.05) is 26.2 Å². The van der Waals surface area contributed by atoms with Crippen LogP contribution in [0.3, 0.4) is 0 Å². The maximum atomic E-state index is 10.3. The summed E-state index contributed by atoms with van der Waals surface area (Å²) in [5.41, 5.74) is 5.36. The highest BCUT2D eigenvalue weighted by atomic mass is 16.6. The number of hydrogen-bond acceptors (Lipinski definition) is 5. The van der Waals surface area contributed by atoms with Gasteiger partial charge in [-0.1, -0.05) is 0 Å². The van der Waals surface area contributed by atoms with Gasteiger partial charge in [-0.05, 0) is 6.07 Å². The number of nitro groups is 1. The maximum absolute atomic E-state index is 10.3. The molecule has 0 spiro atoms. The first-order chi connectivity index (χ1) is 6.65. The van der Waals surface area contributed by atoms with Crippen molar-refractivity contribution in [3.63, 3.8) is 0 Å². The number of nitrogens with two attached hydrogens (primary N) is 1. The maximum Gasteiger partial charge on any atom is 0.287 e. The van der Waals surface area contributed by atoms with E-state index in [2.05, 4.69) is 4.98 Å². The minimum atomic E-state index is -0.473. The molecule has 2 N–H and O–H groups in total. The Labute approximate surface area is 81.5 Å². The number of anilines is 1. The van der Waals surface area contributed by atoms with Gasteiger partial charge in [0.2, 0.25) is 0 Å². The smallest absolute Gasteiger partial charge is 0.287 e. The molecule has 1 rings (SSSR count). The standard InChI is InChI=1S/C8H12N4O2/c1-11(5-4-9)8-3-2-7(6-10-8)12(13)14/h2-3,6H,4-5,9H2,1H3. The van der Waals surface area contributed by atoms with E-state index in [4.69, 9.17) is 5.73 Å². The first kappa shape index (κ1) is 10.4. The van der Waals surface area contributed by atoms with E-state index in [9.17, 15) is 10.1 Å². The van der Waals surface area contributed by atoms with E-state index in [1.807, 2.05) is 11.9 Å². The van der Waals surface area contributed by atoms with Crippen LogP contribution in [0.4, 0.5) is 11.5 Å². The molecular formula is C8H12N4O2. The molecule has 0 atom stereocenters. The van der Waals surface area contributed by atoms with Crippen molar-refractivity contribution in [1.29, 1.82) is 0 Å². The fourth-order valence-electron chi connectivity index (χ4n) is 1.02. The summed E-state index contributed by atoms with van der Waals surface area (Å²) in [6.07, 6.45) is 1.24. The molecule has 0 aromatic carbocycles. The minimum absolute atomic E-state index is 0.00472. The Morgan fingerprint density at radius 2 is 2.36 bits per heavy atom. The van der Waals surface area contributed by atoms with Crippen LogP contribution >= 0.6 is 0 Å². The first-order valence-corrected chi connectivity index (χ1v) is 4.17. The Morgan fingerprint density at radius 1 is 1.64 bits per heavy atom. The van der Waals surface area contributed by atoms with Crippen LogP contribution in [0.25, 0.3) is 0 Å². The molecule has 1 aromatic rings. The summed E-state index contributed by atoms with van der Waals surface area (Å²) in [6.45, 7) is 1.19. The molecule has 0 aliphatic carbocycles. The summed E-state index contributed by atoms with van der Waals surface area (Å²) in [4.78, 5) is 15.7. The topological polar surface area (TPSA) is 85.3 Å². The predicted molar refractivity (Wildman–Crippen MR) is 53.2 cm³/mol. The van der Waals surface area contributed by atoms with Gasteiger partial charge in [-0.25, -0.2) is 4.98 Å². The zero-order valence-corrected chi connectivity index (χ0v) is 7.88. The van der Waals surface area contributed by atoms with Gasteiger partial charge in [-0.3, -0.25) is 10.1 Å². The van der Waals surface area contributed by atoms with Crippen LogP contribution in [0, 0.1) is 10.1 Å². The Balaban J connectivity index is 2.77. The van der Waals surface area contributed by atoms with E-state index < -0.39 is 4.92 Å². The lowest BCUT2D eigenvalue weighted by Gasteiger charge is -2.15. The van der Waals surface area contributed by atoms with E-state index >= 15 is 0 Å². The summed E-state index contributed by atoms with van der Waals surface area (Å²) in [7, 11) is 1.83. The highest BCUT2D eigenvalue weighted by Gasteiger charge is 2.06. The van der Waals surface area contributed by atoms with Gasteiger partial charge >= 0.3 is 0 Å². The van der Waals surface area contributed by atoms with Gasteiger partial charge in [-0.15, -0.1) is 0 Å². The van der Waals surface area contributed by atoms with E-state index in [1.54, 1.807) is 6.07 Å². The molecule has 0 saturated carbocycles. The number of hydrogen-bond donors (Lipinski definition) is 1. The monoisotopic (exact) mass is 196 g/mol. The molecule has 0 amide bonds. The molecule has 1 aromatic heterocycles. The van der Waals surface area contributed by atoms with Crippen LogP contribution in [0.5, 0.6) is 0 Å². The highest BCUT2D eigenvalue weighted by Crippen LogP contribution is 2.13. The highest BCUT2D eigenvalue weighted by molar-refractivity contribution is 5.41. The zero-order valence-electron chi connectivity index (χ0n) is 7.88. The number of aromatic nitrogens is 1. The quantitative estimate of drug-likeness (QED) is 0.556. The van der Waals surface area contributed by atoms with Crippen molar-refractivity contribution < 1.29 is 4.92 Å². The van der Waals surface area contributed by atoms with Crippen LogP contribution in [-0.2, 0) is 0 Å². The second kappa shape index (κ2) is 4.52. The molecule has 0 unspecified atom stereocenters. The van der Waals surface area contributed by atoms with Crippen molar-refractivity contribution >= 4 is 11.5 Å². The minimum Gasteiger partial charge on any atom is -0.358 e. The van der Waals surface area contributed by atoms with Crippen LogP contribution in [0.1, 0.15) is 0 Å². The molecule has 0 saturated heterocycles. The van der Waals surface area contributed by atoms with Crippen molar-refractivity contribution in [3.05, 3.63) is 28.4 Å². The lowest BCUT2D eigenvalue weighted by Crippen LogP contribution is -2.25. The number of nitrogens with zero attached hydrogens (tertiary/aromatic N) is 3. The fraction of sp³-hybridized carbons (Fsp3) is 0.375. The van der Waals surface area contributed by atoms with Gasteiger partial charge in [0.05, 0.1) is 4.92 Å². The molecular weight excluding hydrogens is 184 g/mol. The van der Waals surface area contributed by atoms with Crippen molar-refractivity contribution in [1.82, 2.24) is 4.98 Å². The Hall–Kier alpha value is -1.69. The largest absolute Gasteiger partial charge is 0.358 e. The fourth-order valence-corrected chi connectivity index (χ4v) is 1.02. The van der Waals surface area contributed by atoms with E-state index in [-0.39, 0.29) is 5.69 Å². The average Bonchev–Trinajstić information content (AvgIpc) is 2.18. The Kier molecular flexibility index (Phi) is 3.35. The zero-order chi connectivity index (χ0) is 10.6. The SMILES string of the molecule is CN(CCN)c1ccc([N+](=O)[O-])cn1. The third-order valence-corrected chi connectivity index (χ3v) is 1.80. The second-order valence-electron chi connectivity index (χ2n) is 2.84. The normalized spacial score (nSPS) is 9.86. The van der Waals surface area contributed by atoms with Gasteiger partial charge in [-0.2, -0.15) is 0 Å². The molecule has 14 heavy (non-hydrogen) atoms. The van der Waals surface area contributed by atoms with Crippen molar-refractivity contribution in [3.8, 4) is 0 Å². The third kappa shape index (κ3) is 2.40. The number of rotatable bonds is 4. The summed E-state index contributed by atoms with van der Waals surface area (Å²) in [6, 6.07) is 3.03. The Morgan fingerprint density at radius 3 is 2.79 bits per heavy atom. The summed E-state index contributed by atoms with van der Waals surface area (Å²) < 4.78 is 0. The molecule has 6 nitrogen and oxygen atoms in total. The van der Waals surface area contributed by atoms with Gasteiger partial charge < -0.3 is 10.6 Å². The van der Waals surface area contributed by atoms with Crippen molar-refractivity contribution in [2.45, 2.75) is 0 Å². The molecule has 0 aliphatic rings. The molecule has 76 valence electrons. The molecule has 0 fully saturated rings. The molecule has 6 heteroatoms. The number of likely N-dealkylation sites (N-methyl/N-ethyl adjacent to an activating group) is 1. The van der Waals surface area contributed by atoms with Crippen LogP contribution < -0.4 is 10.6 Å². The molecule has 0 bridgehead atoms. The molecule has 0 aliphatic heterocycles. The van der Waals surface area contributed by atoms with Gasteiger partial charge in [0.15, 0.2) is 0 Å². The number of pyridine rings is 1. The third-order valence-electron chi connectivity index (χ3n) is 1.80. The van der Waals surface area contributed by atoms with E-state index in [0.29, 0.717) is 18.9 Å². The average molecular weight is 196 g/mol. The molecule has 1 heterocycles. The van der Waals surface area contributed by atoms with Gasteiger partial charge in [0.1, 0.15) is 12.0 Å². The van der Waals surface area contributed by atoms with Crippen LogP contribution in [-0.4, -0.2) is 30.0 Å². The second-order valence-corrected chi connectivity index (χ2v) is 2.84. The predicted octanol–water partition coefficient (Wildman–Crippen LogP) is 0.385. The van der Waals surface area contributed by atoms with Crippen LogP contribution in [0.15, 0.2) is 18.3 Å². The van der Waals surface area contributed by atoms with Crippen molar-refractivity contribution in [2.75, 3.05) is 25.0 Å². The van der Waals surface area contributed by atoms with Crippen LogP contribution in [0.2, 0.25) is 0 Å². The summed E-state index contributed by atoms with van der Waals surface area (Å²) in [5.74, 6) is 0.682. The van der Waals surface area contributed by atoms with E-state index in [0.717, 1.165) is 0 Å². The molecule has 0 radical (unpaired) electrons. The van der Waals surface area contributed by atoms with E-state index in [1.165, 1.54) is 12.3 Å². The van der Waals surface area contributed by atoms with Crippen molar-refractivity contribution in [2.24, 2.45) is 5.73 Å². The summed E-state index contributed by atoms with van der Waals surface area (Å²) in [5, 5.41) is 10.3. The lowest BCUT2D eigenvalue weighted by molar-refractivity contribution is -0.385.